The van der Waals surface area contributed by atoms with Crippen LogP contribution < -0.4 is 9.47 Å². The van der Waals surface area contributed by atoms with Crippen molar-refractivity contribution < 1.29 is 18.3 Å². The van der Waals surface area contributed by atoms with E-state index in [9.17, 15) is 8.78 Å². The summed E-state index contributed by atoms with van der Waals surface area (Å²) in [5.74, 6) is 0.506. The molecule has 1 rings (SSSR count). The van der Waals surface area contributed by atoms with Gasteiger partial charge in [-0.3, -0.25) is 0 Å². The highest BCUT2D eigenvalue weighted by molar-refractivity contribution is 6.44. The molecule has 0 saturated carbocycles. The van der Waals surface area contributed by atoms with E-state index in [1.807, 2.05) is 0 Å². The van der Waals surface area contributed by atoms with E-state index in [0.717, 1.165) is 0 Å². The molecule has 0 aliphatic heterocycles. The molecular weight excluding hydrogens is 249 g/mol. The average Bonchev–Trinajstić information content (AvgIpc) is 2.18. The molecule has 0 aromatic heterocycles. The fourth-order valence-electron chi connectivity index (χ4n) is 0.845. The largest absolute Gasteiger partial charge is 0.497 e. The minimum Gasteiger partial charge on any atom is -0.497 e. The molecule has 0 fully saturated rings. The third kappa shape index (κ3) is 3.39. The second-order valence-corrected chi connectivity index (χ2v) is 3.74. The monoisotopic (exact) mass is 256 g/mol. The average molecular weight is 257 g/mol. The van der Waals surface area contributed by atoms with Crippen LogP contribution in [0.2, 0.25) is 0 Å². The van der Waals surface area contributed by atoms with Gasteiger partial charge in [-0.1, -0.05) is 23.2 Å². The third-order valence-corrected chi connectivity index (χ3v) is 2.08. The summed E-state index contributed by atoms with van der Waals surface area (Å²) in [5.41, 5.74) is 0. The molecule has 0 atom stereocenters. The van der Waals surface area contributed by atoms with E-state index in [1.54, 1.807) is 0 Å². The molecule has 0 saturated heterocycles. The summed E-state index contributed by atoms with van der Waals surface area (Å²) >= 11 is 10.1. The van der Waals surface area contributed by atoms with Crippen LogP contribution in [0.5, 0.6) is 11.5 Å². The fraction of sp³-hybridized carbons (Fsp3) is 0.333. The Morgan fingerprint density at radius 1 is 1.13 bits per heavy atom. The fourth-order valence-corrected chi connectivity index (χ4v) is 0.935. The third-order valence-electron chi connectivity index (χ3n) is 1.57. The van der Waals surface area contributed by atoms with Crippen LogP contribution in [0.3, 0.4) is 0 Å². The van der Waals surface area contributed by atoms with Gasteiger partial charge in [0.05, 0.1) is 7.11 Å². The van der Waals surface area contributed by atoms with Gasteiger partial charge < -0.3 is 9.47 Å². The highest BCUT2D eigenvalue weighted by Crippen LogP contribution is 2.30. The van der Waals surface area contributed by atoms with Crippen molar-refractivity contribution in [3.05, 3.63) is 24.3 Å². The maximum absolute atomic E-state index is 12.9. The molecule has 0 aliphatic rings. The van der Waals surface area contributed by atoms with Crippen LogP contribution in [0.25, 0.3) is 0 Å². The number of ether oxygens (including phenoxy) is 2. The Morgan fingerprint density at radius 3 is 2.00 bits per heavy atom. The smallest absolute Gasteiger partial charge is 0.428 e. The molecule has 1 aromatic rings. The van der Waals surface area contributed by atoms with Crippen LogP contribution in [0, 0.1) is 0 Å². The maximum atomic E-state index is 12.9. The number of rotatable bonds is 4. The van der Waals surface area contributed by atoms with Crippen molar-refractivity contribution in [1.29, 1.82) is 0 Å². The Morgan fingerprint density at radius 2 is 1.60 bits per heavy atom. The summed E-state index contributed by atoms with van der Waals surface area (Å²) in [4.78, 5) is -1.92. The zero-order valence-corrected chi connectivity index (χ0v) is 9.23. The molecule has 0 heterocycles. The molecule has 15 heavy (non-hydrogen) atoms. The lowest BCUT2D eigenvalue weighted by Crippen LogP contribution is -2.32. The number of benzene rings is 1. The van der Waals surface area contributed by atoms with Crippen LogP contribution in [0.4, 0.5) is 8.78 Å². The Bertz CT molecular complexity index is 314. The van der Waals surface area contributed by atoms with E-state index in [1.165, 1.54) is 31.4 Å². The van der Waals surface area contributed by atoms with Crippen LogP contribution in [-0.4, -0.2) is 18.1 Å². The molecule has 0 bridgehead atoms. The lowest BCUT2D eigenvalue weighted by Gasteiger charge is -2.18. The van der Waals surface area contributed by atoms with E-state index >= 15 is 0 Å². The molecule has 6 heteroatoms. The van der Waals surface area contributed by atoms with Crippen LogP contribution in [-0.2, 0) is 0 Å². The number of methoxy groups -OCH3 is 1. The van der Waals surface area contributed by atoms with Gasteiger partial charge in [0.2, 0.25) is 4.84 Å². The van der Waals surface area contributed by atoms with E-state index in [-0.39, 0.29) is 5.75 Å². The van der Waals surface area contributed by atoms with Gasteiger partial charge in [-0.05, 0) is 24.3 Å². The second kappa shape index (κ2) is 4.86. The molecule has 0 unspecified atom stereocenters. The van der Waals surface area contributed by atoms with Crippen molar-refractivity contribution in [2.75, 3.05) is 7.11 Å². The topological polar surface area (TPSA) is 18.5 Å². The molecule has 0 aliphatic carbocycles. The van der Waals surface area contributed by atoms with Gasteiger partial charge in [0.15, 0.2) is 0 Å². The van der Waals surface area contributed by atoms with Gasteiger partial charge in [-0.15, -0.1) is 0 Å². The first-order valence-corrected chi connectivity index (χ1v) is 4.82. The molecule has 0 N–H and O–H groups in total. The molecule has 0 radical (unpaired) electrons. The van der Waals surface area contributed by atoms with Crippen molar-refractivity contribution in [2.24, 2.45) is 0 Å². The van der Waals surface area contributed by atoms with Crippen molar-refractivity contribution in [1.82, 2.24) is 0 Å². The zero-order chi connectivity index (χ0) is 11.5. The summed E-state index contributed by atoms with van der Waals surface area (Å²) in [5, 5.41) is 0. The van der Waals surface area contributed by atoms with Gasteiger partial charge in [0.1, 0.15) is 11.5 Å². The van der Waals surface area contributed by atoms with Gasteiger partial charge in [0, 0.05) is 0 Å². The standard InChI is InChI=1S/C9H8Cl2F2O2/c1-14-6-2-4-7(5-3-6)15-9(12,13)8(10)11/h2-5,8H,1H3. The SMILES string of the molecule is COc1ccc(OC(F)(F)C(Cl)Cl)cc1. The van der Waals surface area contributed by atoms with Gasteiger partial charge in [-0.2, -0.15) is 8.78 Å². The Kier molecular flexibility index (Phi) is 3.99. The summed E-state index contributed by atoms with van der Waals surface area (Å²) in [6.45, 7) is 0. The Labute approximate surface area is 95.7 Å². The lowest BCUT2D eigenvalue weighted by molar-refractivity contribution is -0.163. The number of halogens is 4. The number of alkyl halides is 4. The summed E-state index contributed by atoms with van der Waals surface area (Å²) in [7, 11) is 1.47. The van der Waals surface area contributed by atoms with Crippen molar-refractivity contribution in [3.8, 4) is 11.5 Å². The van der Waals surface area contributed by atoms with Gasteiger partial charge in [0.25, 0.3) is 0 Å². The molecule has 1 aromatic carbocycles. The predicted octanol–water partition coefficient (Wildman–Crippen LogP) is 3.47. The van der Waals surface area contributed by atoms with E-state index in [4.69, 9.17) is 27.9 Å². The second-order valence-electron chi connectivity index (χ2n) is 2.64. The summed E-state index contributed by atoms with van der Waals surface area (Å²) < 4.78 is 35.0. The van der Waals surface area contributed by atoms with Gasteiger partial charge in [-0.25, -0.2) is 0 Å². The zero-order valence-electron chi connectivity index (χ0n) is 7.72. The molecule has 84 valence electrons. The first-order valence-electron chi connectivity index (χ1n) is 3.95. The Hall–Kier alpha value is -0.740. The maximum Gasteiger partial charge on any atom is 0.428 e. The Balaban J connectivity index is 2.73. The highest BCUT2D eigenvalue weighted by Gasteiger charge is 2.40. The van der Waals surface area contributed by atoms with Crippen LogP contribution in [0.1, 0.15) is 0 Å². The number of hydrogen-bond acceptors (Lipinski definition) is 2. The first-order chi connectivity index (χ1) is 6.95. The lowest BCUT2D eigenvalue weighted by atomic mass is 10.3. The van der Waals surface area contributed by atoms with Crippen molar-refractivity contribution in [3.63, 3.8) is 0 Å². The van der Waals surface area contributed by atoms with Crippen molar-refractivity contribution >= 4 is 23.2 Å². The van der Waals surface area contributed by atoms with Crippen LogP contribution >= 0.6 is 23.2 Å². The molecule has 2 nitrogen and oxygen atoms in total. The summed E-state index contributed by atoms with van der Waals surface area (Å²) in [6, 6.07) is 5.65. The minimum absolute atomic E-state index is 0.0351. The minimum atomic E-state index is -3.61. The van der Waals surface area contributed by atoms with E-state index in [0.29, 0.717) is 5.75 Å². The predicted molar refractivity (Wildman–Crippen MR) is 54.1 cm³/mol. The van der Waals surface area contributed by atoms with Crippen molar-refractivity contribution in [2.45, 2.75) is 10.9 Å². The molecule has 0 spiro atoms. The van der Waals surface area contributed by atoms with E-state index in [2.05, 4.69) is 4.74 Å². The van der Waals surface area contributed by atoms with Crippen LogP contribution in [0.15, 0.2) is 24.3 Å². The van der Waals surface area contributed by atoms with Gasteiger partial charge >= 0.3 is 6.11 Å². The van der Waals surface area contributed by atoms with E-state index < -0.39 is 10.9 Å². The normalized spacial score (nSPS) is 11.6. The summed E-state index contributed by atoms with van der Waals surface area (Å²) in [6.07, 6.45) is -3.61. The quantitative estimate of drug-likeness (QED) is 0.769. The number of hydrogen-bond donors (Lipinski definition) is 0. The molecular formula is C9H8Cl2F2O2. The highest BCUT2D eigenvalue weighted by atomic mass is 35.5. The first kappa shape index (κ1) is 12.3. The molecule has 0 amide bonds.